The molecule has 1 N–H and O–H groups in total. The van der Waals surface area contributed by atoms with Crippen LogP contribution < -0.4 is 5.32 Å². The van der Waals surface area contributed by atoms with Crippen LogP contribution in [-0.4, -0.2) is 22.4 Å². The highest BCUT2D eigenvalue weighted by Crippen LogP contribution is 2.46. The second kappa shape index (κ2) is 5.66. The molecular weight excluding hydrogens is 234 g/mol. The van der Waals surface area contributed by atoms with Crippen molar-refractivity contribution in [3.8, 4) is 0 Å². The molecule has 0 aromatic carbocycles. The molecule has 19 heavy (non-hydrogen) atoms. The van der Waals surface area contributed by atoms with Gasteiger partial charge in [-0.3, -0.25) is 4.68 Å². The summed E-state index contributed by atoms with van der Waals surface area (Å²) in [5.74, 6) is 1.41. The van der Waals surface area contributed by atoms with Crippen LogP contribution in [0.1, 0.15) is 58.4 Å². The number of aryl methyl sites for hydroxylation is 1. The number of rotatable bonds is 4. The quantitative estimate of drug-likeness (QED) is 0.903. The molecule has 3 heteroatoms. The van der Waals surface area contributed by atoms with Crippen LogP contribution in [0.25, 0.3) is 0 Å². The SMILES string of the molecule is CC(C)NCC1CCC(C)(C)CC1c1cnn(C)c1. The van der Waals surface area contributed by atoms with E-state index in [1.54, 1.807) is 0 Å². The van der Waals surface area contributed by atoms with Crippen LogP contribution in [0.4, 0.5) is 0 Å². The number of nitrogens with one attached hydrogen (secondary N) is 1. The molecule has 1 aromatic heterocycles. The van der Waals surface area contributed by atoms with E-state index >= 15 is 0 Å². The van der Waals surface area contributed by atoms with Crippen LogP contribution in [-0.2, 0) is 7.05 Å². The highest BCUT2D eigenvalue weighted by atomic mass is 15.2. The van der Waals surface area contributed by atoms with Gasteiger partial charge in [-0.15, -0.1) is 0 Å². The fraction of sp³-hybridized carbons (Fsp3) is 0.812. The van der Waals surface area contributed by atoms with Gasteiger partial charge in [0, 0.05) is 19.3 Å². The molecular formula is C16H29N3. The minimum absolute atomic E-state index is 0.467. The van der Waals surface area contributed by atoms with Crippen molar-refractivity contribution < 1.29 is 0 Å². The molecule has 2 rings (SSSR count). The van der Waals surface area contributed by atoms with E-state index in [0.717, 1.165) is 12.5 Å². The summed E-state index contributed by atoms with van der Waals surface area (Å²) < 4.78 is 1.93. The Morgan fingerprint density at radius 3 is 2.79 bits per heavy atom. The van der Waals surface area contributed by atoms with Crippen molar-refractivity contribution in [2.24, 2.45) is 18.4 Å². The molecule has 108 valence electrons. The van der Waals surface area contributed by atoms with E-state index in [-0.39, 0.29) is 0 Å². The van der Waals surface area contributed by atoms with Gasteiger partial charge in [0.2, 0.25) is 0 Å². The minimum atomic E-state index is 0.467. The van der Waals surface area contributed by atoms with Gasteiger partial charge in [-0.2, -0.15) is 5.10 Å². The summed E-state index contributed by atoms with van der Waals surface area (Å²) in [5.41, 5.74) is 1.89. The van der Waals surface area contributed by atoms with E-state index < -0.39 is 0 Å². The van der Waals surface area contributed by atoms with E-state index in [9.17, 15) is 0 Å². The zero-order valence-corrected chi connectivity index (χ0v) is 13.1. The summed E-state index contributed by atoms with van der Waals surface area (Å²) in [6.07, 6.45) is 8.21. The largest absolute Gasteiger partial charge is 0.314 e. The van der Waals surface area contributed by atoms with Gasteiger partial charge >= 0.3 is 0 Å². The highest BCUT2D eigenvalue weighted by Gasteiger charge is 2.36. The van der Waals surface area contributed by atoms with Crippen LogP contribution in [0.3, 0.4) is 0 Å². The number of hydrogen-bond donors (Lipinski definition) is 1. The van der Waals surface area contributed by atoms with E-state index in [1.165, 1.54) is 24.8 Å². The summed E-state index contributed by atoms with van der Waals surface area (Å²) in [6.45, 7) is 10.4. The first kappa shape index (κ1) is 14.6. The summed E-state index contributed by atoms with van der Waals surface area (Å²) in [7, 11) is 2.01. The molecule has 1 fully saturated rings. The molecule has 0 aliphatic heterocycles. The predicted molar refractivity (Wildman–Crippen MR) is 80.2 cm³/mol. The Morgan fingerprint density at radius 1 is 1.47 bits per heavy atom. The van der Waals surface area contributed by atoms with Crippen molar-refractivity contribution in [3.63, 3.8) is 0 Å². The third kappa shape index (κ3) is 3.82. The van der Waals surface area contributed by atoms with E-state index in [1.807, 2.05) is 11.7 Å². The molecule has 0 spiro atoms. The Balaban J connectivity index is 2.12. The van der Waals surface area contributed by atoms with Gasteiger partial charge < -0.3 is 5.32 Å². The lowest BCUT2D eigenvalue weighted by Gasteiger charge is -2.41. The predicted octanol–water partition coefficient (Wildman–Crippen LogP) is 3.33. The van der Waals surface area contributed by atoms with Crippen molar-refractivity contribution in [2.45, 2.75) is 58.9 Å². The topological polar surface area (TPSA) is 29.9 Å². The van der Waals surface area contributed by atoms with E-state index in [4.69, 9.17) is 0 Å². The maximum absolute atomic E-state index is 4.37. The number of hydrogen-bond acceptors (Lipinski definition) is 2. The lowest BCUT2D eigenvalue weighted by Crippen LogP contribution is -2.37. The molecule has 3 nitrogen and oxygen atoms in total. The van der Waals surface area contributed by atoms with Gasteiger partial charge in [0.15, 0.2) is 0 Å². The van der Waals surface area contributed by atoms with Crippen molar-refractivity contribution in [2.75, 3.05) is 6.54 Å². The fourth-order valence-electron chi connectivity index (χ4n) is 3.29. The monoisotopic (exact) mass is 263 g/mol. The molecule has 1 heterocycles. The lowest BCUT2D eigenvalue weighted by molar-refractivity contribution is 0.158. The second-order valence-electron chi connectivity index (χ2n) is 7.28. The first-order chi connectivity index (χ1) is 8.87. The molecule has 1 aliphatic rings. The number of nitrogens with zero attached hydrogens (tertiary/aromatic N) is 2. The first-order valence-corrected chi connectivity index (χ1v) is 7.59. The molecule has 0 saturated heterocycles. The maximum Gasteiger partial charge on any atom is 0.0524 e. The normalized spacial score (nSPS) is 26.8. The highest BCUT2D eigenvalue weighted by molar-refractivity contribution is 5.15. The first-order valence-electron chi connectivity index (χ1n) is 7.59. The molecule has 1 aliphatic carbocycles. The van der Waals surface area contributed by atoms with Crippen LogP contribution >= 0.6 is 0 Å². The average molecular weight is 263 g/mol. The van der Waals surface area contributed by atoms with Crippen molar-refractivity contribution >= 4 is 0 Å². The zero-order chi connectivity index (χ0) is 14.0. The Labute approximate surface area is 117 Å². The Hall–Kier alpha value is -0.830. The fourth-order valence-corrected chi connectivity index (χ4v) is 3.29. The average Bonchev–Trinajstić information content (AvgIpc) is 2.73. The molecule has 1 aromatic rings. The summed E-state index contributed by atoms with van der Waals surface area (Å²) in [5, 5.41) is 7.99. The Bertz CT molecular complexity index is 404. The summed E-state index contributed by atoms with van der Waals surface area (Å²) in [6, 6.07) is 0.574. The molecule has 2 unspecified atom stereocenters. The van der Waals surface area contributed by atoms with Crippen molar-refractivity contribution in [3.05, 3.63) is 18.0 Å². The van der Waals surface area contributed by atoms with Gasteiger partial charge in [-0.25, -0.2) is 0 Å². The van der Waals surface area contributed by atoms with Gasteiger partial charge in [-0.1, -0.05) is 27.7 Å². The lowest BCUT2D eigenvalue weighted by atomic mass is 9.65. The zero-order valence-electron chi connectivity index (χ0n) is 13.1. The molecule has 2 atom stereocenters. The standard InChI is InChI=1S/C16H29N3/c1-12(2)17-9-13-6-7-16(3,4)8-15(13)14-10-18-19(5)11-14/h10-13,15,17H,6-9H2,1-5H3. The van der Waals surface area contributed by atoms with E-state index in [0.29, 0.717) is 17.4 Å². The van der Waals surface area contributed by atoms with Gasteiger partial charge in [0.25, 0.3) is 0 Å². The molecule has 0 bridgehead atoms. The summed E-state index contributed by atoms with van der Waals surface area (Å²) >= 11 is 0. The number of aromatic nitrogens is 2. The molecule has 0 amide bonds. The smallest absolute Gasteiger partial charge is 0.0524 e. The van der Waals surface area contributed by atoms with Crippen molar-refractivity contribution in [1.29, 1.82) is 0 Å². The van der Waals surface area contributed by atoms with Gasteiger partial charge in [-0.05, 0) is 48.6 Å². The Morgan fingerprint density at radius 2 is 2.21 bits per heavy atom. The molecule has 1 saturated carbocycles. The van der Waals surface area contributed by atoms with Crippen LogP contribution in [0.15, 0.2) is 12.4 Å². The third-order valence-corrected chi connectivity index (χ3v) is 4.47. The third-order valence-electron chi connectivity index (χ3n) is 4.47. The van der Waals surface area contributed by atoms with Gasteiger partial charge in [0.05, 0.1) is 6.20 Å². The van der Waals surface area contributed by atoms with Crippen LogP contribution in [0.5, 0.6) is 0 Å². The van der Waals surface area contributed by atoms with Crippen molar-refractivity contribution in [1.82, 2.24) is 15.1 Å². The maximum atomic E-state index is 4.37. The van der Waals surface area contributed by atoms with Crippen LogP contribution in [0, 0.1) is 11.3 Å². The van der Waals surface area contributed by atoms with E-state index in [2.05, 4.69) is 50.5 Å². The minimum Gasteiger partial charge on any atom is -0.314 e. The van der Waals surface area contributed by atoms with Crippen LogP contribution in [0.2, 0.25) is 0 Å². The second-order valence-corrected chi connectivity index (χ2v) is 7.28. The van der Waals surface area contributed by atoms with Gasteiger partial charge in [0.1, 0.15) is 0 Å². The molecule has 0 radical (unpaired) electrons. The Kier molecular flexibility index (Phi) is 4.34. The summed E-state index contributed by atoms with van der Waals surface area (Å²) in [4.78, 5) is 0.